The van der Waals surface area contributed by atoms with Gasteiger partial charge in [-0.15, -0.1) is 0 Å². The largest absolute Gasteiger partial charge is 0.481 e. The van der Waals surface area contributed by atoms with Gasteiger partial charge in [0.05, 0.1) is 27.4 Å². The Labute approximate surface area is 172 Å². The van der Waals surface area contributed by atoms with E-state index in [-0.39, 0.29) is 12.5 Å². The summed E-state index contributed by atoms with van der Waals surface area (Å²) in [7, 11) is 0. The number of carboxylic acids is 1. The zero-order valence-electron chi connectivity index (χ0n) is 15.3. The number of aromatic nitrogens is 2. The molecule has 1 aromatic heterocycles. The number of aliphatic carboxylic acids is 1. The highest BCUT2D eigenvalue weighted by atomic mass is 35.5. The summed E-state index contributed by atoms with van der Waals surface area (Å²) < 4.78 is 0. The van der Waals surface area contributed by atoms with Crippen LogP contribution in [0.2, 0.25) is 10.0 Å². The molecule has 0 radical (unpaired) electrons. The molecule has 0 spiro atoms. The summed E-state index contributed by atoms with van der Waals surface area (Å²) in [6.07, 6.45) is 1.88. The highest BCUT2D eigenvalue weighted by Crippen LogP contribution is 2.38. The Balaban J connectivity index is 1.93. The van der Waals surface area contributed by atoms with Gasteiger partial charge in [-0.1, -0.05) is 41.4 Å². The SMILES string of the molecule is Cc1nc(N2CCCC2CC(=O)O)c2c(-c3ccc(Cl)c(Cl)c3)cccc2n1. The second-order valence-corrected chi connectivity index (χ2v) is 7.82. The summed E-state index contributed by atoms with van der Waals surface area (Å²) in [6.45, 7) is 2.64. The molecule has 0 bridgehead atoms. The third-order valence-electron chi connectivity index (χ3n) is 5.11. The Morgan fingerprint density at radius 3 is 2.79 bits per heavy atom. The van der Waals surface area contributed by atoms with Crippen LogP contribution in [-0.2, 0) is 4.79 Å². The van der Waals surface area contributed by atoms with Crippen LogP contribution in [0.3, 0.4) is 0 Å². The van der Waals surface area contributed by atoms with Gasteiger partial charge in [-0.3, -0.25) is 4.79 Å². The third kappa shape index (κ3) is 3.52. The molecule has 0 amide bonds. The molecular weight excluding hydrogens is 397 g/mol. The average molecular weight is 416 g/mol. The zero-order valence-corrected chi connectivity index (χ0v) is 16.8. The standard InChI is InChI=1S/C21H19Cl2N3O2/c1-12-24-18-6-2-5-15(13-7-8-16(22)17(23)10-13)20(18)21(25-12)26-9-3-4-14(26)11-19(27)28/h2,5-8,10,14H,3-4,9,11H2,1H3,(H,27,28). The van der Waals surface area contributed by atoms with E-state index in [1.54, 1.807) is 6.07 Å². The predicted octanol–water partition coefficient (Wildman–Crippen LogP) is 5.36. The van der Waals surface area contributed by atoms with Gasteiger partial charge in [-0.2, -0.15) is 0 Å². The fourth-order valence-corrected chi connectivity index (χ4v) is 4.22. The molecule has 0 aliphatic carbocycles. The topological polar surface area (TPSA) is 66.3 Å². The summed E-state index contributed by atoms with van der Waals surface area (Å²) in [5.74, 6) is 0.652. The van der Waals surface area contributed by atoms with Crippen molar-refractivity contribution >= 4 is 45.9 Å². The van der Waals surface area contributed by atoms with Gasteiger partial charge < -0.3 is 10.0 Å². The maximum atomic E-state index is 11.3. The van der Waals surface area contributed by atoms with Gasteiger partial charge in [-0.05, 0) is 49.1 Å². The number of nitrogens with zero attached hydrogens (tertiary/aromatic N) is 3. The second-order valence-electron chi connectivity index (χ2n) is 7.01. The molecule has 1 N–H and O–H groups in total. The lowest BCUT2D eigenvalue weighted by Gasteiger charge is -2.27. The highest BCUT2D eigenvalue weighted by Gasteiger charge is 2.30. The van der Waals surface area contributed by atoms with Crippen LogP contribution in [0.4, 0.5) is 5.82 Å². The molecule has 3 aromatic rings. The van der Waals surface area contributed by atoms with Gasteiger partial charge in [0.1, 0.15) is 11.6 Å². The lowest BCUT2D eigenvalue weighted by atomic mass is 10.00. The summed E-state index contributed by atoms with van der Waals surface area (Å²) >= 11 is 12.3. The van der Waals surface area contributed by atoms with Crippen LogP contribution in [-0.4, -0.2) is 33.6 Å². The fraction of sp³-hybridized carbons (Fsp3) is 0.286. The normalized spacial score (nSPS) is 16.7. The van der Waals surface area contributed by atoms with Crippen molar-refractivity contribution in [2.75, 3.05) is 11.4 Å². The Morgan fingerprint density at radius 1 is 1.21 bits per heavy atom. The minimum absolute atomic E-state index is 0.0724. The summed E-state index contributed by atoms with van der Waals surface area (Å²) in [5.41, 5.74) is 2.70. The van der Waals surface area contributed by atoms with E-state index in [1.165, 1.54) is 0 Å². The Hall–Kier alpha value is -2.37. The number of benzene rings is 2. The van der Waals surface area contributed by atoms with Crippen molar-refractivity contribution in [2.45, 2.75) is 32.2 Å². The molecule has 1 fully saturated rings. The van der Waals surface area contributed by atoms with E-state index in [9.17, 15) is 9.90 Å². The van der Waals surface area contributed by atoms with Crippen LogP contribution in [0.5, 0.6) is 0 Å². The molecule has 4 rings (SSSR count). The molecule has 28 heavy (non-hydrogen) atoms. The third-order valence-corrected chi connectivity index (χ3v) is 5.85. The number of hydrogen-bond donors (Lipinski definition) is 1. The first kappa shape index (κ1) is 19.0. The van der Waals surface area contributed by atoms with Gasteiger partial charge in [0.2, 0.25) is 0 Å². The first-order valence-corrected chi connectivity index (χ1v) is 9.91. The van der Waals surface area contributed by atoms with Gasteiger partial charge in [0.25, 0.3) is 0 Å². The van der Waals surface area contributed by atoms with Crippen LogP contribution in [0.15, 0.2) is 36.4 Å². The van der Waals surface area contributed by atoms with Gasteiger partial charge in [-0.25, -0.2) is 9.97 Å². The number of hydrogen-bond acceptors (Lipinski definition) is 4. The van der Waals surface area contributed by atoms with Crippen LogP contribution < -0.4 is 4.90 Å². The van der Waals surface area contributed by atoms with Crippen molar-refractivity contribution in [3.05, 3.63) is 52.3 Å². The second kappa shape index (κ2) is 7.57. The molecule has 1 aliphatic rings. The Kier molecular flexibility index (Phi) is 5.13. The molecule has 5 nitrogen and oxygen atoms in total. The van der Waals surface area contributed by atoms with E-state index >= 15 is 0 Å². The van der Waals surface area contributed by atoms with Crippen LogP contribution >= 0.6 is 23.2 Å². The van der Waals surface area contributed by atoms with Crippen molar-refractivity contribution in [1.29, 1.82) is 0 Å². The first-order valence-electron chi connectivity index (χ1n) is 9.15. The van der Waals surface area contributed by atoms with E-state index in [0.29, 0.717) is 15.9 Å². The number of halogens is 2. The number of rotatable bonds is 4. The van der Waals surface area contributed by atoms with Crippen LogP contribution in [0.25, 0.3) is 22.0 Å². The fourth-order valence-electron chi connectivity index (χ4n) is 3.92. The molecule has 1 unspecified atom stereocenters. The molecule has 144 valence electrons. The zero-order chi connectivity index (χ0) is 19.8. The van der Waals surface area contributed by atoms with E-state index in [1.807, 2.05) is 37.3 Å². The van der Waals surface area contributed by atoms with Crippen molar-refractivity contribution in [1.82, 2.24) is 9.97 Å². The molecule has 2 heterocycles. The average Bonchev–Trinajstić information content (AvgIpc) is 3.10. The molecule has 7 heteroatoms. The minimum Gasteiger partial charge on any atom is -0.481 e. The number of fused-ring (bicyclic) bond motifs is 1. The van der Waals surface area contributed by atoms with E-state index < -0.39 is 5.97 Å². The van der Waals surface area contributed by atoms with Crippen LogP contribution in [0.1, 0.15) is 25.1 Å². The molecule has 1 saturated heterocycles. The lowest BCUT2D eigenvalue weighted by Crippen LogP contribution is -2.32. The molecular formula is C21H19Cl2N3O2. The molecule has 1 aliphatic heterocycles. The van der Waals surface area contributed by atoms with Crippen molar-refractivity contribution < 1.29 is 9.90 Å². The number of carbonyl (C=O) groups is 1. The number of aryl methyl sites for hydroxylation is 1. The minimum atomic E-state index is -0.795. The monoisotopic (exact) mass is 415 g/mol. The maximum absolute atomic E-state index is 11.3. The van der Waals surface area contributed by atoms with E-state index in [4.69, 9.17) is 28.2 Å². The quantitative estimate of drug-likeness (QED) is 0.621. The smallest absolute Gasteiger partial charge is 0.305 e. The van der Waals surface area contributed by atoms with Crippen LogP contribution in [0, 0.1) is 6.92 Å². The Bertz CT molecular complexity index is 1070. The highest BCUT2D eigenvalue weighted by molar-refractivity contribution is 6.42. The van der Waals surface area contributed by atoms with Gasteiger partial charge in [0, 0.05) is 12.6 Å². The number of anilines is 1. The summed E-state index contributed by atoms with van der Waals surface area (Å²) in [4.78, 5) is 22.8. The molecule has 2 aromatic carbocycles. The maximum Gasteiger partial charge on any atom is 0.305 e. The Morgan fingerprint density at radius 2 is 2.04 bits per heavy atom. The predicted molar refractivity (Wildman–Crippen MR) is 112 cm³/mol. The van der Waals surface area contributed by atoms with E-state index in [0.717, 1.165) is 47.2 Å². The van der Waals surface area contributed by atoms with Gasteiger partial charge >= 0.3 is 5.97 Å². The lowest BCUT2D eigenvalue weighted by molar-refractivity contribution is -0.137. The first-order chi connectivity index (χ1) is 13.4. The van der Waals surface area contributed by atoms with Gasteiger partial charge in [0.15, 0.2) is 0 Å². The summed E-state index contributed by atoms with van der Waals surface area (Å²) in [6, 6.07) is 11.4. The van der Waals surface area contributed by atoms with Crippen molar-refractivity contribution in [3.8, 4) is 11.1 Å². The number of carboxylic acid groups (broad SMARTS) is 1. The van der Waals surface area contributed by atoms with E-state index in [2.05, 4.69) is 9.88 Å². The molecule has 1 atom stereocenters. The van der Waals surface area contributed by atoms with Crippen molar-refractivity contribution in [2.24, 2.45) is 0 Å². The summed E-state index contributed by atoms with van der Waals surface area (Å²) in [5, 5.41) is 11.2. The van der Waals surface area contributed by atoms with Crippen molar-refractivity contribution in [3.63, 3.8) is 0 Å². The molecule has 0 saturated carbocycles.